The van der Waals surface area contributed by atoms with Crippen molar-refractivity contribution in [3.8, 4) is 0 Å². The first-order valence-electron chi connectivity index (χ1n) is 10.5. The average molecular weight is 417 g/mol. The summed E-state index contributed by atoms with van der Waals surface area (Å²) in [5.41, 5.74) is 0.0521. The number of carbonyl (C=O) groups excluding carboxylic acids is 3. The number of fused-ring (bicyclic) bond motifs is 2. The number of hydrazine groups is 1. The third-order valence-corrected chi connectivity index (χ3v) is 5.47. The standard InChI is InChI=1S/C22H32N4O4/c1-15(13-23-20(29)30-21(2,3)4)18(27)24-22(5)17-10-7-6-9-16(17)14-25-11-8-12-26(25)19(22)28/h6-7,9-10,15H,8,11-14H2,1-5H3,(H,23,29)(H,24,27)/t15-,22?/m1/s1. The number of rotatable bonds is 4. The van der Waals surface area contributed by atoms with E-state index in [4.69, 9.17) is 4.74 Å². The lowest BCUT2D eigenvalue weighted by Crippen LogP contribution is -2.57. The second-order valence-electron chi connectivity index (χ2n) is 9.23. The van der Waals surface area contributed by atoms with Crippen molar-refractivity contribution < 1.29 is 19.1 Å². The van der Waals surface area contributed by atoms with Gasteiger partial charge in [0.15, 0.2) is 0 Å². The van der Waals surface area contributed by atoms with Crippen LogP contribution in [-0.2, 0) is 26.4 Å². The number of carbonyl (C=O) groups is 3. The molecule has 0 radical (unpaired) electrons. The molecule has 0 bridgehead atoms. The summed E-state index contributed by atoms with van der Waals surface area (Å²) in [5, 5.41) is 9.40. The molecule has 1 saturated heterocycles. The molecule has 0 aromatic heterocycles. The quantitative estimate of drug-likeness (QED) is 0.785. The first-order valence-corrected chi connectivity index (χ1v) is 10.5. The largest absolute Gasteiger partial charge is 0.444 e. The lowest BCUT2D eigenvalue weighted by atomic mass is 9.86. The molecule has 164 valence electrons. The number of nitrogens with zero attached hydrogens (tertiary/aromatic N) is 2. The van der Waals surface area contributed by atoms with Crippen molar-refractivity contribution in [1.29, 1.82) is 0 Å². The van der Waals surface area contributed by atoms with Crippen LogP contribution in [0.25, 0.3) is 0 Å². The lowest BCUT2D eigenvalue weighted by Gasteiger charge is -2.35. The SMILES string of the molecule is C[C@H](CNC(=O)OC(C)(C)C)C(=O)NC1(C)C(=O)N2CCCN2Cc2ccccc21. The van der Waals surface area contributed by atoms with Crippen LogP contribution in [0.3, 0.4) is 0 Å². The molecule has 8 nitrogen and oxygen atoms in total. The van der Waals surface area contributed by atoms with Crippen LogP contribution in [0.1, 0.15) is 52.2 Å². The number of nitrogens with one attached hydrogen (secondary N) is 2. The first-order chi connectivity index (χ1) is 14.0. The van der Waals surface area contributed by atoms with E-state index in [0.717, 1.165) is 24.1 Å². The van der Waals surface area contributed by atoms with Gasteiger partial charge in [0.05, 0.1) is 5.92 Å². The predicted octanol–water partition coefficient (Wildman–Crippen LogP) is 2.14. The fourth-order valence-electron chi connectivity index (χ4n) is 3.91. The van der Waals surface area contributed by atoms with E-state index in [9.17, 15) is 14.4 Å². The molecule has 3 amide bonds. The van der Waals surface area contributed by atoms with Crippen molar-refractivity contribution >= 4 is 17.9 Å². The van der Waals surface area contributed by atoms with Gasteiger partial charge in [-0.25, -0.2) is 9.80 Å². The van der Waals surface area contributed by atoms with E-state index in [1.807, 2.05) is 29.3 Å². The van der Waals surface area contributed by atoms with Crippen molar-refractivity contribution in [1.82, 2.24) is 20.7 Å². The summed E-state index contributed by atoms with van der Waals surface area (Å²) < 4.78 is 5.22. The van der Waals surface area contributed by atoms with Gasteiger partial charge in [0.1, 0.15) is 11.1 Å². The first kappa shape index (κ1) is 22.1. The third kappa shape index (κ3) is 4.59. The number of amides is 3. The van der Waals surface area contributed by atoms with E-state index >= 15 is 0 Å². The van der Waals surface area contributed by atoms with Gasteiger partial charge in [-0.2, -0.15) is 0 Å². The topological polar surface area (TPSA) is 91.0 Å². The Bertz CT molecular complexity index is 835. The molecule has 1 aromatic rings. The van der Waals surface area contributed by atoms with Crippen LogP contribution in [-0.4, -0.2) is 53.2 Å². The highest BCUT2D eigenvalue weighted by Crippen LogP contribution is 2.34. The van der Waals surface area contributed by atoms with E-state index in [2.05, 4.69) is 10.6 Å². The van der Waals surface area contributed by atoms with Crippen LogP contribution in [0.5, 0.6) is 0 Å². The van der Waals surface area contributed by atoms with Gasteiger partial charge in [0, 0.05) is 26.2 Å². The number of hydrogen-bond acceptors (Lipinski definition) is 5. The van der Waals surface area contributed by atoms with E-state index in [0.29, 0.717) is 13.1 Å². The Kier molecular flexibility index (Phi) is 6.08. The van der Waals surface area contributed by atoms with Crippen molar-refractivity contribution in [3.05, 3.63) is 35.4 Å². The van der Waals surface area contributed by atoms with Gasteiger partial charge in [-0.15, -0.1) is 0 Å². The summed E-state index contributed by atoms with van der Waals surface area (Å²) in [4.78, 5) is 38.4. The number of alkyl carbamates (subject to hydrolysis) is 1. The highest BCUT2D eigenvalue weighted by Gasteiger charge is 2.46. The minimum Gasteiger partial charge on any atom is -0.444 e. The second kappa shape index (κ2) is 8.26. The van der Waals surface area contributed by atoms with Crippen LogP contribution >= 0.6 is 0 Å². The molecule has 1 unspecified atom stereocenters. The zero-order valence-electron chi connectivity index (χ0n) is 18.4. The molecule has 2 aliphatic heterocycles. The fourth-order valence-corrected chi connectivity index (χ4v) is 3.91. The maximum atomic E-state index is 13.5. The Labute approximate surface area is 177 Å². The van der Waals surface area contributed by atoms with Crippen LogP contribution in [0.15, 0.2) is 24.3 Å². The number of benzene rings is 1. The van der Waals surface area contributed by atoms with Gasteiger partial charge in [-0.05, 0) is 45.2 Å². The van der Waals surface area contributed by atoms with Gasteiger partial charge >= 0.3 is 6.09 Å². The molecular formula is C22H32N4O4. The summed E-state index contributed by atoms with van der Waals surface area (Å²) in [5.74, 6) is -0.970. The minimum absolute atomic E-state index is 0.114. The lowest BCUT2D eigenvalue weighted by molar-refractivity contribution is -0.153. The smallest absolute Gasteiger partial charge is 0.407 e. The molecule has 0 saturated carbocycles. The molecule has 0 spiro atoms. The van der Waals surface area contributed by atoms with Crippen LogP contribution < -0.4 is 10.6 Å². The molecule has 2 heterocycles. The summed E-state index contributed by atoms with van der Waals surface area (Å²) >= 11 is 0. The normalized spacial score (nSPS) is 22.6. The fraction of sp³-hybridized carbons (Fsp3) is 0.591. The predicted molar refractivity (Wildman–Crippen MR) is 112 cm³/mol. The van der Waals surface area contributed by atoms with Gasteiger partial charge in [-0.3, -0.25) is 14.6 Å². The molecule has 3 rings (SSSR count). The maximum absolute atomic E-state index is 13.5. The number of hydrogen-bond donors (Lipinski definition) is 2. The monoisotopic (exact) mass is 416 g/mol. The molecular weight excluding hydrogens is 384 g/mol. The summed E-state index contributed by atoms with van der Waals surface area (Å²) in [7, 11) is 0. The summed E-state index contributed by atoms with van der Waals surface area (Å²) in [6.45, 7) is 11.0. The second-order valence-corrected chi connectivity index (χ2v) is 9.23. The van der Waals surface area contributed by atoms with E-state index in [1.54, 1.807) is 39.6 Å². The maximum Gasteiger partial charge on any atom is 0.407 e. The molecule has 2 N–H and O–H groups in total. The summed E-state index contributed by atoms with van der Waals surface area (Å²) in [6.07, 6.45) is 0.339. The van der Waals surface area contributed by atoms with Crippen LogP contribution in [0, 0.1) is 5.92 Å². The highest BCUT2D eigenvalue weighted by molar-refractivity contribution is 5.93. The van der Waals surface area contributed by atoms with Crippen molar-refractivity contribution in [2.75, 3.05) is 19.6 Å². The Morgan fingerprint density at radius 2 is 1.93 bits per heavy atom. The Hall–Kier alpha value is -2.61. The molecule has 1 fully saturated rings. The summed E-state index contributed by atoms with van der Waals surface area (Å²) in [6, 6.07) is 7.74. The Balaban J connectivity index is 1.75. The van der Waals surface area contributed by atoms with Gasteiger partial charge < -0.3 is 15.4 Å². The van der Waals surface area contributed by atoms with Crippen LogP contribution in [0.2, 0.25) is 0 Å². The van der Waals surface area contributed by atoms with Gasteiger partial charge in [0.2, 0.25) is 5.91 Å². The Morgan fingerprint density at radius 1 is 1.23 bits per heavy atom. The Morgan fingerprint density at radius 3 is 2.63 bits per heavy atom. The third-order valence-electron chi connectivity index (χ3n) is 5.47. The van der Waals surface area contributed by atoms with Gasteiger partial charge in [-0.1, -0.05) is 31.2 Å². The minimum atomic E-state index is -1.17. The molecule has 0 aliphatic carbocycles. The molecule has 1 aromatic carbocycles. The van der Waals surface area contributed by atoms with Crippen molar-refractivity contribution in [2.24, 2.45) is 5.92 Å². The van der Waals surface area contributed by atoms with Gasteiger partial charge in [0.25, 0.3) is 5.91 Å². The van der Waals surface area contributed by atoms with E-state index in [1.165, 1.54) is 0 Å². The zero-order valence-corrected chi connectivity index (χ0v) is 18.4. The average Bonchev–Trinajstić information content (AvgIpc) is 3.09. The van der Waals surface area contributed by atoms with Crippen molar-refractivity contribution in [2.45, 2.75) is 58.7 Å². The zero-order chi connectivity index (χ0) is 22.1. The molecule has 30 heavy (non-hydrogen) atoms. The molecule has 2 atom stereocenters. The molecule has 8 heteroatoms. The van der Waals surface area contributed by atoms with Crippen LogP contribution in [0.4, 0.5) is 4.79 Å². The van der Waals surface area contributed by atoms with E-state index in [-0.39, 0.29) is 18.4 Å². The van der Waals surface area contributed by atoms with Crippen molar-refractivity contribution in [3.63, 3.8) is 0 Å². The highest BCUT2D eigenvalue weighted by atomic mass is 16.6. The molecule has 2 aliphatic rings. The number of ether oxygens (including phenoxy) is 1. The van der Waals surface area contributed by atoms with E-state index < -0.39 is 23.2 Å².